The molecule has 0 fully saturated rings. The predicted octanol–water partition coefficient (Wildman–Crippen LogP) is 0.351. The normalized spacial score (nSPS) is 8.70. The molecule has 0 saturated carbocycles. The van der Waals surface area contributed by atoms with Gasteiger partial charge in [0, 0.05) is 0 Å². The van der Waals surface area contributed by atoms with Crippen LogP contribution in [0, 0.1) is 12.3 Å². The van der Waals surface area contributed by atoms with E-state index in [1.807, 2.05) is 0 Å². The quantitative estimate of drug-likeness (QED) is 0.503. The van der Waals surface area contributed by atoms with Gasteiger partial charge >= 0.3 is 0 Å². The number of hydrogen-bond donors (Lipinski definition) is 2. The van der Waals surface area contributed by atoms with Gasteiger partial charge in [-0.2, -0.15) is 0 Å². The molecule has 1 aromatic heterocycles. The molecule has 0 spiro atoms. The highest BCUT2D eigenvalue weighted by molar-refractivity contribution is 5.52. The Kier molecular flexibility index (Phi) is 1.46. The zero-order chi connectivity index (χ0) is 7.56. The van der Waals surface area contributed by atoms with Crippen LogP contribution in [0.3, 0.4) is 0 Å². The number of rotatable bonds is 0. The summed E-state index contributed by atoms with van der Waals surface area (Å²) in [4.78, 5) is 3.69. The zero-order valence-corrected chi connectivity index (χ0v) is 5.20. The second-order valence-electron chi connectivity index (χ2n) is 1.77. The summed E-state index contributed by atoms with van der Waals surface area (Å²) < 4.78 is 0. The van der Waals surface area contributed by atoms with Crippen LogP contribution < -0.4 is 5.73 Å². The number of terminal acetylenes is 1. The molecule has 0 aliphatic heterocycles. The smallest absolute Gasteiger partial charge is 0.156 e. The molecular formula is C7H6N2O. The van der Waals surface area contributed by atoms with Gasteiger partial charge in [-0.25, -0.2) is 4.98 Å². The van der Waals surface area contributed by atoms with Gasteiger partial charge in [0.2, 0.25) is 0 Å². The van der Waals surface area contributed by atoms with Gasteiger partial charge in [0.25, 0.3) is 0 Å². The van der Waals surface area contributed by atoms with E-state index in [9.17, 15) is 0 Å². The van der Waals surface area contributed by atoms with Crippen molar-refractivity contribution in [2.75, 3.05) is 5.73 Å². The zero-order valence-electron chi connectivity index (χ0n) is 5.20. The molecule has 0 amide bonds. The molecule has 1 rings (SSSR count). The molecule has 0 aliphatic rings. The number of hydrogen-bond acceptors (Lipinski definition) is 3. The number of aromatic hydroxyl groups is 1. The molecule has 10 heavy (non-hydrogen) atoms. The monoisotopic (exact) mass is 134 g/mol. The molecule has 3 N–H and O–H groups in total. The lowest BCUT2D eigenvalue weighted by Gasteiger charge is -1.95. The largest absolute Gasteiger partial charge is 0.504 e. The Labute approximate surface area is 58.5 Å². The molecular weight excluding hydrogens is 128 g/mol. The minimum absolute atomic E-state index is 0.0426. The molecule has 0 aliphatic carbocycles. The second kappa shape index (κ2) is 2.28. The van der Waals surface area contributed by atoms with E-state index in [4.69, 9.17) is 17.3 Å². The lowest BCUT2D eigenvalue weighted by Crippen LogP contribution is -1.89. The lowest BCUT2D eigenvalue weighted by atomic mass is 10.3. The van der Waals surface area contributed by atoms with Crippen LogP contribution in [0.15, 0.2) is 12.3 Å². The molecule has 50 valence electrons. The molecule has 0 radical (unpaired) electrons. The summed E-state index contributed by atoms with van der Waals surface area (Å²) in [5, 5.41) is 8.88. The van der Waals surface area contributed by atoms with Crippen LogP contribution in [0.2, 0.25) is 0 Å². The van der Waals surface area contributed by atoms with Crippen LogP contribution in [0.5, 0.6) is 5.75 Å². The fraction of sp³-hybridized carbons (Fsp3) is 0. The first-order chi connectivity index (χ1) is 4.74. The summed E-state index contributed by atoms with van der Waals surface area (Å²) in [7, 11) is 0. The average molecular weight is 134 g/mol. The van der Waals surface area contributed by atoms with Gasteiger partial charge in [-0.05, 0) is 6.07 Å². The molecule has 0 bridgehead atoms. The minimum atomic E-state index is -0.0426. The minimum Gasteiger partial charge on any atom is -0.504 e. The Morgan fingerprint density at radius 1 is 1.70 bits per heavy atom. The first kappa shape index (κ1) is 6.43. The van der Waals surface area contributed by atoms with E-state index in [0.717, 1.165) is 0 Å². The standard InChI is InChI=1S/C7H6N2O/c1-2-5-3-6(8)7(10)4-9-5/h1,3-4,10H,(H2,8,9). The van der Waals surface area contributed by atoms with E-state index < -0.39 is 0 Å². The third kappa shape index (κ3) is 1.00. The van der Waals surface area contributed by atoms with Crippen molar-refractivity contribution < 1.29 is 5.11 Å². The summed E-state index contributed by atoms with van der Waals surface area (Å²) >= 11 is 0. The highest BCUT2D eigenvalue weighted by atomic mass is 16.3. The van der Waals surface area contributed by atoms with Crippen molar-refractivity contribution in [1.29, 1.82) is 0 Å². The molecule has 3 nitrogen and oxygen atoms in total. The van der Waals surface area contributed by atoms with Crippen LogP contribution in [-0.2, 0) is 0 Å². The van der Waals surface area contributed by atoms with Crippen molar-refractivity contribution in [3.63, 3.8) is 0 Å². The fourth-order valence-corrected chi connectivity index (χ4v) is 0.543. The lowest BCUT2D eigenvalue weighted by molar-refractivity contribution is 0.475. The number of anilines is 1. The molecule has 1 heterocycles. The van der Waals surface area contributed by atoms with Gasteiger partial charge < -0.3 is 10.8 Å². The third-order valence-corrected chi connectivity index (χ3v) is 1.06. The SMILES string of the molecule is C#Cc1cc(N)c(O)cn1. The van der Waals surface area contributed by atoms with E-state index in [-0.39, 0.29) is 11.4 Å². The van der Waals surface area contributed by atoms with E-state index in [0.29, 0.717) is 5.69 Å². The van der Waals surface area contributed by atoms with Crippen molar-refractivity contribution >= 4 is 5.69 Å². The summed E-state index contributed by atoms with van der Waals surface area (Å²) in [6.07, 6.45) is 6.25. The van der Waals surface area contributed by atoms with Gasteiger partial charge in [-0.15, -0.1) is 6.42 Å². The molecule has 3 heteroatoms. The predicted molar refractivity (Wildman–Crippen MR) is 38.2 cm³/mol. The maximum Gasteiger partial charge on any atom is 0.156 e. The van der Waals surface area contributed by atoms with Gasteiger partial charge in [0.15, 0.2) is 5.75 Å². The Morgan fingerprint density at radius 2 is 2.40 bits per heavy atom. The van der Waals surface area contributed by atoms with Crippen LogP contribution >= 0.6 is 0 Å². The third-order valence-electron chi connectivity index (χ3n) is 1.06. The Morgan fingerprint density at radius 3 is 2.90 bits per heavy atom. The van der Waals surface area contributed by atoms with Crippen LogP contribution in [0.4, 0.5) is 5.69 Å². The van der Waals surface area contributed by atoms with Crippen molar-refractivity contribution in [2.24, 2.45) is 0 Å². The van der Waals surface area contributed by atoms with Gasteiger partial charge in [0.1, 0.15) is 5.69 Å². The number of nitrogen functional groups attached to an aromatic ring is 1. The number of nitrogens with zero attached hydrogens (tertiary/aromatic N) is 1. The first-order valence-corrected chi connectivity index (χ1v) is 2.65. The molecule has 0 saturated heterocycles. The van der Waals surface area contributed by atoms with Crippen molar-refractivity contribution in [3.8, 4) is 18.1 Å². The molecule has 0 aromatic carbocycles. The number of pyridine rings is 1. The molecule has 0 unspecified atom stereocenters. The highest BCUT2D eigenvalue weighted by Gasteiger charge is 1.95. The van der Waals surface area contributed by atoms with Crippen molar-refractivity contribution in [1.82, 2.24) is 4.98 Å². The Bertz CT molecular complexity index is 288. The van der Waals surface area contributed by atoms with Crippen LogP contribution in [0.1, 0.15) is 5.69 Å². The van der Waals surface area contributed by atoms with Gasteiger partial charge in [-0.1, -0.05) is 5.92 Å². The van der Waals surface area contributed by atoms with E-state index >= 15 is 0 Å². The average Bonchev–Trinajstić information content (AvgIpc) is 1.95. The summed E-state index contributed by atoms with van der Waals surface area (Å²) in [6, 6.07) is 1.44. The van der Waals surface area contributed by atoms with E-state index in [1.165, 1.54) is 12.3 Å². The van der Waals surface area contributed by atoms with Crippen molar-refractivity contribution in [2.45, 2.75) is 0 Å². The van der Waals surface area contributed by atoms with Gasteiger partial charge in [-0.3, -0.25) is 0 Å². The summed E-state index contributed by atoms with van der Waals surface area (Å²) in [5.41, 5.74) is 5.99. The Hall–Kier alpha value is -1.69. The second-order valence-corrected chi connectivity index (χ2v) is 1.77. The summed E-state index contributed by atoms with van der Waals surface area (Å²) in [5.74, 6) is 2.25. The van der Waals surface area contributed by atoms with Crippen molar-refractivity contribution in [3.05, 3.63) is 18.0 Å². The number of aromatic nitrogens is 1. The Balaban J connectivity index is 3.20. The van der Waals surface area contributed by atoms with Crippen LogP contribution in [0.25, 0.3) is 0 Å². The summed E-state index contributed by atoms with van der Waals surface area (Å²) in [6.45, 7) is 0. The van der Waals surface area contributed by atoms with Crippen LogP contribution in [-0.4, -0.2) is 10.1 Å². The topological polar surface area (TPSA) is 59.1 Å². The highest BCUT2D eigenvalue weighted by Crippen LogP contribution is 2.16. The molecule has 0 atom stereocenters. The van der Waals surface area contributed by atoms with E-state index in [2.05, 4.69) is 10.9 Å². The maximum atomic E-state index is 8.88. The van der Waals surface area contributed by atoms with Gasteiger partial charge in [0.05, 0.1) is 11.9 Å². The first-order valence-electron chi connectivity index (χ1n) is 2.65. The fourth-order valence-electron chi connectivity index (χ4n) is 0.543. The maximum absolute atomic E-state index is 8.88. The molecule has 1 aromatic rings. The number of nitrogens with two attached hydrogens (primary N) is 1. The van der Waals surface area contributed by atoms with E-state index in [1.54, 1.807) is 0 Å².